The standard InChI is InChI=1S/C20H19NO3/c1-3-24-20(23)17-13-21(12-15-10-8-14(2)9-11-15)18-7-5-4-6-16(18)19(17)22/h4-11,13H,3,12H2,1-2H3. The predicted molar refractivity (Wildman–Crippen MR) is 94.4 cm³/mol. The van der Waals surface area contributed by atoms with Crippen molar-refractivity contribution in [2.24, 2.45) is 0 Å². The minimum atomic E-state index is -0.578. The number of aromatic nitrogens is 1. The molecule has 0 saturated carbocycles. The van der Waals surface area contributed by atoms with Gasteiger partial charge in [-0.15, -0.1) is 0 Å². The lowest BCUT2D eigenvalue weighted by atomic mass is 10.1. The summed E-state index contributed by atoms with van der Waals surface area (Å²) in [5, 5.41) is 0.523. The van der Waals surface area contributed by atoms with Crippen molar-refractivity contribution in [3.63, 3.8) is 0 Å². The van der Waals surface area contributed by atoms with Crippen molar-refractivity contribution < 1.29 is 9.53 Å². The molecule has 3 rings (SSSR count). The Morgan fingerprint density at radius 3 is 2.50 bits per heavy atom. The van der Waals surface area contributed by atoms with Gasteiger partial charge in [0.2, 0.25) is 5.43 Å². The molecule has 1 aromatic heterocycles. The number of carbonyl (C=O) groups excluding carboxylic acids is 1. The molecule has 122 valence electrons. The van der Waals surface area contributed by atoms with Crippen molar-refractivity contribution in [1.82, 2.24) is 4.57 Å². The molecule has 24 heavy (non-hydrogen) atoms. The van der Waals surface area contributed by atoms with E-state index in [1.54, 1.807) is 25.3 Å². The van der Waals surface area contributed by atoms with Crippen LogP contribution in [0.1, 0.15) is 28.4 Å². The molecule has 0 aliphatic heterocycles. The van der Waals surface area contributed by atoms with Gasteiger partial charge >= 0.3 is 5.97 Å². The van der Waals surface area contributed by atoms with E-state index in [1.807, 2.05) is 47.9 Å². The Hall–Kier alpha value is -2.88. The van der Waals surface area contributed by atoms with Crippen LogP contribution in [0.2, 0.25) is 0 Å². The van der Waals surface area contributed by atoms with Crippen LogP contribution < -0.4 is 5.43 Å². The van der Waals surface area contributed by atoms with Crippen LogP contribution in [0.15, 0.2) is 59.5 Å². The quantitative estimate of drug-likeness (QED) is 0.691. The fourth-order valence-corrected chi connectivity index (χ4v) is 2.72. The molecule has 4 nitrogen and oxygen atoms in total. The van der Waals surface area contributed by atoms with Crippen molar-refractivity contribution in [2.45, 2.75) is 20.4 Å². The minimum Gasteiger partial charge on any atom is -0.462 e. The largest absolute Gasteiger partial charge is 0.462 e. The number of nitrogens with zero attached hydrogens (tertiary/aromatic N) is 1. The molecule has 0 radical (unpaired) electrons. The van der Waals surface area contributed by atoms with E-state index in [0.717, 1.165) is 11.1 Å². The molecule has 0 amide bonds. The highest BCUT2D eigenvalue weighted by Gasteiger charge is 2.16. The van der Waals surface area contributed by atoms with E-state index in [9.17, 15) is 9.59 Å². The zero-order chi connectivity index (χ0) is 17.1. The third kappa shape index (κ3) is 3.08. The Bertz CT molecular complexity index is 939. The van der Waals surface area contributed by atoms with Crippen molar-refractivity contribution in [1.29, 1.82) is 0 Å². The van der Waals surface area contributed by atoms with E-state index in [0.29, 0.717) is 11.9 Å². The molecule has 0 aliphatic rings. The Morgan fingerprint density at radius 2 is 1.79 bits per heavy atom. The minimum absolute atomic E-state index is 0.0719. The summed E-state index contributed by atoms with van der Waals surface area (Å²) in [5.41, 5.74) is 2.88. The van der Waals surface area contributed by atoms with Crippen LogP contribution in [0.25, 0.3) is 10.9 Å². The van der Waals surface area contributed by atoms with Crippen LogP contribution in [0.4, 0.5) is 0 Å². The van der Waals surface area contributed by atoms with Gasteiger partial charge in [0.05, 0.1) is 12.1 Å². The Balaban J connectivity index is 2.15. The van der Waals surface area contributed by atoms with Crippen molar-refractivity contribution in [2.75, 3.05) is 6.61 Å². The third-order valence-corrected chi connectivity index (χ3v) is 3.96. The Morgan fingerprint density at radius 1 is 1.08 bits per heavy atom. The van der Waals surface area contributed by atoms with Gasteiger partial charge in [0.25, 0.3) is 0 Å². The van der Waals surface area contributed by atoms with Gasteiger partial charge in [-0.2, -0.15) is 0 Å². The fourth-order valence-electron chi connectivity index (χ4n) is 2.72. The first-order chi connectivity index (χ1) is 11.6. The maximum atomic E-state index is 12.6. The van der Waals surface area contributed by atoms with Gasteiger partial charge in [0, 0.05) is 18.1 Å². The number of hydrogen-bond acceptors (Lipinski definition) is 3. The summed E-state index contributed by atoms with van der Waals surface area (Å²) in [6, 6.07) is 15.5. The van der Waals surface area contributed by atoms with Crippen LogP contribution in [0, 0.1) is 6.92 Å². The number of ether oxygens (including phenoxy) is 1. The molecule has 4 heteroatoms. The first-order valence-electron chi connectivity index (χ1n) is 7.95. The molecular weight excluding hydrogens is 302 g/mol. The summed E-state index contributed by atoms with van der Waals surface area (Å²) in [5.74, 6) is -0.578. The van der Waals surface area contributed by atoms with E-state index in [1.165, 1.54) is 5.56 Å². The highest BCUT2D eigenvalue weighted by Crippen LogP contribution is 2.15. The molecule has 2 aromatic carbocycles. The average Bonchev–Trinajstić information content (AvgIpc) is 2.59. The summed E-state index contributed by atoms with van der Waals surface area (Å²) in [4.78, 5) is 24.7. The van der Waals surface area contributed by atoms with Gasteiger partial charge in [-0.1, -0.05) is 42.0 Å². The molecule has 1 heterocycles. The molecule has 0 spiro atoms. The molecule has 0 aliphatic carbocycles. The summed E-state index contributed by atoms with van der Waals surface area (Å²) in [6.45, 7) is 4.58. The van der Waals surface area contributed by atoms with E-state index >= 15 is 0 Å². The van der Waals surface area contributed by atoms with Gasteiger partial charge in [0.1, 0.15) is 5.56 Å². The zero-order valence-corrected chi connectivity index (χ0v) is 13.8. The van der Waals surface area contributed by atoms with Gasteiger partial charge in [-0.05, 0) is 31.5 Å². The van der Waals surface area contributed by atoms with E-state index in [4.69, 9.17) is 4.74 Å². The second kappa shape index (κ2) is 6.71. The van der Waals surface area contributed by atoms with Crippen LogP contribution in [0.5, 0.6) is 0 Å². The Kier molecular flexibility index (Phi) is 4.47. The zero-order valence-electron chi connectivity index (χ0n) is 13.8. The average molecular weight is 321 g/mol. The second-order valence-corrected chi connectivity index (χ2v) is 5.72. The number of esters is 1. The molecule has 0 N–H and O–H groups in total. The lowest BCUT2D eigenvalue weighted by Crippen LogP contribution is -2.21. The monoisotopic (exact) mass is 321 g/mol. The molecule has 0 bridgehead atoms. The third-order valence-electron chi connectivity index (χ3n) is 3.96. The van der Waals surface area contributed by atoms with Gasteiger partial charge < -0.3 is 9.30 Å². The Labute approximate surface area is 140 Å². The van der Waals surface area contributed by atoms with Crippen molar-refractivity contribution in [3.8, 4) is 0 Å². The maximum Gasteiger partial charge on any atom is 0.343 e. The molecule has 0 fully saturated rings. The lowest BCUT2D eigenvalue weighted by molar-refractivity contribution is 0.0524. The lowest BCUT2D eigenvalue weighted by Gasteiger charge is -2.13. The number of para-hydroxylation sites is 1. The number of fused-ring (bicyclic) bond motifs is 1. The SMILES string of the molecule is CCOC(=O)c1cn(Cc2ccc(C)cc2)c2ccccc2c1=O. The van der Waals surface area contributed by atoms with Crippen molar-refractivity contribution >= 4 is 16.9 Å². The summed E-state index contributed by atoms with van der Waals surface area (Å²) in [7, 11) is 0. The van der Waals surface area contributed by atoms with Crippen LogP contribution in [0.3, 0.4) is 0 Å². The smallest absolute Gasteiger partial charge is 0.343 e. The van der Waals surface area contributed by atoms with E-state index in [2.05, 4.69) is 0 Å². The van der Waals surface area contributed by atoms with E-state index < -0.39 is 5.97 Å². The van der Waals surface area contributed by atoms with Crippen LogP contribution in [-0.4, -0.2) is 17.1 Å². The number of rotatable bonds is 4. The first-order valence-corrected chi connectivity index (χ1v) is 7.95. The van der Waals surface area contributed by atoms with Gasteiger partial charge in [-0.3, -0.25) is 4.79 Å². The van der Waals surface area contributed by atoms with Crippen molar-refractivity contribution in [3.05, 3.63) is 81.6 Å². The number of benzene rings is 2. The predicted octanol–water partition coefficient (Wildman–Crippen LogP) is 3.53. The molecule has 0 atom stereocenters. The number of aryl methyl sites for hydroxylation is 1. The van der Waals surface area contributed by atoms with Gasteiger partial charge in [-0.25, -0.2) is 4.79 Å². The van der Waals surface area contributed by atoms with Crippen LogP contribution >= 0.6 is 0 Å². The summed E-state index contributed by atoms with van der Waals surface area (Å²) < 4.78 is 6.95. The first kappa shape index (κ1) is 16.0. The summed E-state index contributed by atoms with van der Waals surface area (Å²) in [6.07, 6.45) is 1.60. The molecule has 0 unspecified atom stereocenters. The summed E-state index contributed by atoms with van der Waals surface area (Å²) >= 11 is 0. The highest BCUT2D eigenvalue weighted by molar-refractivity contribution is 5.93. The van der Waals surface area contributed by atoms with Gasteiger partial charge in [0.15, 0.2) is 0 Å². The van der Waals surface area contributed by atoms with Crippen LogP contribution in [-0.2, 0) is 11.3 Å². The fraction of sp³-hybridized carbons (Fsp3) is 0.200. The molecule has 0 saturated heterocycles. The maximum absolute atomic E-state index is 12.6. The normalized spacial score (nSPS) is 10.8. The molecular formula is C20H19NO3. The number of pyridine rings is 1. The molecule has 3 aromatic rings. The highest BCUT2D eigenvalue weighted by atomic mass is 16.5. The second-order valence-electron chi connectivity index (χ2n) is 5.72. The topological polar surface area (TPSA) is 48.3 Å². The van der Waals surface area contributed by atoms with E-state index in [-0.39, 0.29) is 17.6 Å². The number of carbonyl (C=O) groups is 1. The number of hydrogen-bond donors (Lipinski definition) is 0.